The smallest absolute Gasteiger partial charge is 0.119 e. The van der Waals surface area contributed by atoms with Gasteiger partial charge in [-0.15, -0.1) is 0 Å². The van der Waals surface area contributed by atoms with Gasteiger partial charge in [0.05, 0.1) is 7.11 Å². The van der Waals surface area contributed by atoms with Crippen molar-refractivity contribution in [3.63, 3.8) is 0 Å². The molecule has 0 radical (unpaired) electrons. The number of nitrogens with two attached hydrogens (primary N) is 1. The molecule has 0 amide bonds. The SMILES string of the molecule is COc1ccc2c(c1)CCC=C2N. The lowest BCUT2D eigenvalue weighted by Crippen LogP contribution is -2.05. The van der Waals surface area contributed by atoms with Crippen LogP contribution in [0.1, 0.15) is 17.5 Å². The second-order valence-corrected chi connectivity index (χ2v) is 3.22. The molecule has 0 saturated heterocycles. The standard InChI is InChI=1S/C11H13NO/c1-13-9-5-6-10-8(7-9)3-2-4-11(10)12/h4-7H,2-3,12H2,1H3. The Balaban J connectivity index is 2.48. The van der Waals surface area contributed by atoms with E-state index in [0.29, 0.717) is 0 Å². The highest BCUT2D eigenvalue weighted by Crippen LogP contribution is 2.26. The maximum Gasteiger partial charge on any atom is 0.119 e. The van der Waals surface area contributed by atoms with Crippen molar-refractivity contribution >= 4 is 5.70 Å². The molecule has 0 spiro atoms. The van der Waals surface area contributed by atoms with Crippen LogP contribution in [0.15, 0.2) is 24.3 Å². The lowest BCUT2D eigenvalue weighted by molar-refractivity contribution is 0.414. The van der Waals surface area contributed by atoms with E-state index in [1.807, 2.05) is 12.1 Å². The number of ether oxygens (including phenoxy) is 1. The van der Waals surface area contributed by atoms with Crippen molar-refractivity contribution in [1.82, 2.24) is 0 Å². The van der Waals surface area contributed by atoms with Crippen molar-refractivity contribution in [3.05, 3.63) is 35.4 Å². The molecule has 2 heteroatoms. The Morgan fingerprint density at radius 1 is 1.38 bits per heavy atom. The number of benzene rings is 1. The first-order valence-corrected chi connectivity index (χ1v) is 4.44. The van der Waals surface area contributed by atoms with Crippen molar-refractivity contribution in [2.75, 3.05) is 7.11 Å². The van der Waals surface area contributed by atoms with Crippen LogP contribution in [0.4, 0.5) is 0 Å². The molecule has 2 nitrogen and oxygen atoms in total. The topological polar surface area (TPSA) is 35.2 Å². The van der Waals surface area contributed by atoms with E-state index in [4.69, 9.17) is 10.5 Å². The molecular weight excluding hydrogens is 162 g/mol. The van der Waals surface area contributed by atoms with Crippen LogP contribution in [-0.4, -0.2) is 7.11 Å². The first kappa shape index (κ1) is 8.17. The van der Waals surface area contributed by atoms with Gasteiger partial charge in [-0.2, -0.15) is 0 Å². The lowest BCUT2D eigenvalue weighted by atomic mass is 9.95. The van der Waals surface area contributed by atoms with Crippen LogP contribution >= 0.6 is 0 Å². The third-order valence-electron chi connectivity index (χ3n) is 2.40. The van der Waals surface area contributed by atoms with Gasteiger partial charge in [0.25, 0.3) is 0 Å². The van der Waals surface area contributed by atoms with E-state index < -0.39 is 0 Å². The average molecular weight is 175 g/mol. The fraction of sp³-hybridized carbons (Fsp3) is 0.273. The zero-order chi connectivity index (χ0) is 9.26. The normalized spacial score (nSPS) is 14.7. The molecule has 0 bridgehead atoms. The molecule has 1 aromatic rings. The Morgan fingerprint density at radius 3 is 3.00 bits per heavy atom. The molecule has 13 heavy (non-hydrogen) atoms. The molecule has 1 aliphatic rings. The first-order valence-electron chi connectivity index (χ1n) is 4.44. The van der Waals surface area contributed by atoms with E-state index in [1.165, 1.54) is 5.56 Å². The predicted octanol–water partition coefficient (Wildman–Crippen LogP) is 1.94. The second kappa shape index (κ2) is 3.13. The van der Waals surface area contributed by atoms with Crippen LogP contribution < -0.4 is 10.5 Å². The summed E-state index contributed by atoms with van der Waals surface area (Å²) < 4.78 is 5.16. The van der Waals surface area contributed by atoms with Crippen LogP contribution in [0.5, 0.6) is 5.75 Å². The van der Waals surface area contributed by atoms with Crippen molar-refractivity contribution in [2.24, 2.45) is 5.73 Å². The fourth-order valence-corrected chi connectivity index (χ4v) is 1.68. The Bertz CT molecular complexity index is 355. The van der Waals surface area contributed by atoms with Gasteiger partial charge in [-0.05, 0) is 36.6 Å². The quantitative estimate of drug-likeness (QED) is 0.708. The summed E-state index contributed by atoms with van der Waals surface area (Å²) in [5.74, 6) is 0.911. The Hall–Kier alpha value is -1.44. The summed E-state index contributed by atoms with van der Waals surface area (Å²) in [5, 5.41) is 0. The minimum absolute atomic E-state index is 0.893. The number of hydrogen-bond donors (Lipinski definition) is 1. The number of aryl methyl sites for hydroxylation is 1. The summed E-state index contributed by atoms with van der Waals surface area (Å²) in [6.45, 7) is 0. The van der Waals surface area contributed by atoms with E-state index in [9.17, 15) is 0 Å². The Kier molecular flexibility index (Phi) is 1.97. The molecule has 0 aliphatic heterocycles. The van der Waals surface area contributed by atoms with Gasteiger partial charge in [0.1, 0.15) is 5.75 Å². The average Bonchev–Trinajstić information content (AvgIpc) is 2.18. The highest BCUT2D eigenvalue weighted by Gasteiger charge is 2.10. The van der Waals surface area contributed by atoms with Crippen molar-refractivity contribution in [1.29, 1.82) is 0 Å². The van der Waals surface area contributed by atoms with Crippen LogP contribution in [0.25, 0.3) is 5.70 Å². The van der Waals surface area contributed by atoms with Gasteiger partial charge in [-0.1, -0.05) is 6.08 Å². The number of hydrogen-bond acceptors (Lipinski definition) is 2. The van der Waals surface area contributed by atoms with E-state index in [0.717, 1.165) is 29.9 Å². The number of methoxy groups -OCH3 is 1. The Labute approximate surface area is 78.0 Å². The summed E-state index contributed by atoms with van der Waals surface area (Å²) in [4.78, 5) is 0. The van der Waals surface area contributed by atoms with Crippen molar-refractivity contribution in [2.45, 2.75) is 12.8 Å². The lowest BCUT2D eigenvalue weighted by Gasteiger charge is -2.15. The van der Waals surface area contributed by atoms with E-state index in [1.54, 1.807) is 7.11 Å². The van der Waals surface area contributed by atoms with E-state index in [2.05, 4.69) is 12.1 Å². The molecule has 2 rings (SSSR count). The molecule has 68 valence electrons. The van der Waals surface area contributed by atoms with Crippen molar-refractivity contribution < 1.29 is 4.74 Å². The van der Waals surface area contributed by atoms with Gasteiger partial charge in [0.15, 0.2) is 0 Å². The van der Waals surface area contributed by atoms with Crippen molar-refractivity contribution in [3.8, 4) is 5.75 Å². The zero-order valence-electron chi connectivity index (χ0n) is 7.71. The number of rotatable bonds is 1. The third-order valence-corrected chi connectivity index (χ3v) is 2.40. The van der Waals surface area contributed by atoms with Gasteiger partial charge in [-0.3, -0.25) is 0 Å². The molecule has 0 atom stereocenters. The molecule has 0 saturated carbocycles. The predicted molar refractivity (Wildman–Crippen MR) is 53.5 cm³/mol. The third kappa shape index (κ3) is 1.39. The monoisotopic (exact) mass is 175 g/mol. The maximum atomic E-state index is 5.86. The van der Waals surface area contributed by atoms with Gasteiger partial charge in [0.2, 0.25) is 0 Å². The molecule has 0 unspecified atom stereocenters. The number of fused-ring (bicyclic) bond motifs is 1. The highest BCUT2D eigenvalue weighted by molar-refractivity contribution is 5.68. The van der Waals surface area contributed by atoms with Gasteiger partial charge >= 0.3 is 0 Å². The van der Waals surface area contributed by atoms with Crippen LogP contribution in [0.2, 0.25) is 0 Å². The van der Waals surface area contributed by atoms with Crippen LogP contribution in [-0.2, 0) is 6.42 Å². The van der Waals surface area contributed by atoms with E-state index in [-0.39, 0.29) is 0 Å². The number of allylic oxidation sites excluding steroid dienone is 1. The zero-order valence-corrected chi connectivity index (χ0v) is 7.71. The Morgan fingerprint density at radius 2 is 2.23 bits per heavy atom. The molecule has 2 N–H and O–H groups in total. The second-order valence-electron chi connectivity index (χ2n) is 3.22. The van der Waals surface area contributed by atoms with Gasteiger partial charge in [0, 0.05) is 11.3 Å². The maximum absolute atomic E-state index is 5.86. The van der Waals surface area contributed by atoms with Crippen LogP contribution in [0, 0.1) is 0 Å². The minimum atomic E-state index is 0.893. The molecule has 1 aromatic carbocycles. The van der Waals surface area contributed by atoms with Gasteiger partial charge in [-0.25, -0.2) is 0 Å². The summed E-state index contributed by atoms with van der Waals surface area (Å²) in [6.07, 6.45) is 4.17. The summed E-state index contributed by atoms with van der Waals surface area (Å²) in [5.41, 5.74) is 9.20. The fourth-order valence-electron chi connectivity index (χ4n) is 1.68. The summed E-state index contributed by atoms with van der Waals surface area (Å²) >= 11 is 0. The van der Waals surface area contributed by atoms with E-state index >= 15 is 0 Å². The molecule has 0 heterocycles. The molecule has 0 fully saturated rings. The first-order chi connectivity index (χ1) is 6.31. The largest absolute Gasteiger partial charge is 0.497 e. The molecule has 0 aromatic heterocycles. The highest BCUT2D eigenvalue weighted by atomic mass is 16.5. The molecule has 1 aliphatic carbocycles. The minimum Gasteiger partial charge on any atom is -0.497 e. The summed E-state index contributed by atoms with van der Waals surface area (Å²) in [6, 6.07) is 6.04. The van der Waals surface area contributed by atoms with Crippen LogP contribution in [0.3, 0.4) is 0 Å². The molecular formula is C11H13NO. The summed E-state index contributed by atoms with van der Waals surface area (Å²) in [7, 11) is 1.68. The van der Waals surface area contributed by atoms with Gasteiger partial charge < -0.3 is 10.5 Å².